The number of anilines is 1. The van der Waals surface area contributed by atoms with Gasteiger partial charge in [0.2, 0.25) is 0 Å². The van der Waals surface area contributed by atoms with Crippen molar-refractivity contribution in [3.63, 3.8) is 0 Å². The van der Waals surface area contributed by atoms with Crippen LogP contribution in [0.5, 0.6) is 0 Å². The molecule has 1 fully saturated rings. The van der Waals surface area contributed by atoms with Crippen LogP contribution in [-0.2, 0) is 4.74 Å². The maximum Gasteiger partial charge on any atom is 0.322 e. The van der Waals surface area contributed by atoms with E-state index in [2.05, 4.69) is 10.6 Å². The number of likely N-dealkylation sites (N-methyl/N-ethyl adjacent to an activating group) is 1. The van der Waals surface area contributed by atoms with Crippen LogP contribution in [0, 0.1) is 5.82 Å². The summed E-state index contributed by atoms with van der Waals surface area (Å²) in [6, 6.07) is 5.53. The van der Waals surface area contributed by atoms with Crippen LogP contribution in [0.15, 0.2) is 24.3 Å². The van der Waals surface area contributed by atoms with Gasteiger partial charge in [0, 0.05) is 25.3 Å². The fourth-order valence-electron chi connectivity index (χ4n) is 1.99. The van der Waals surface area contributed by atoms with Crippen LogP contribution in [0.4, 0.5) is 14.9 Å². The summed E-state index contributed by atoms with van der Waals surface area (Å²) in [4.78, 5) is 13.8. The number of rotatable bonds is 3. The molecule has 1 aliphatic heterocycles. The molecule has 1 aromatic carbocycles. The predicted octanol–water partition coefficient (Wildman–Crippen LogP) is 1.28. The molecule has 104 valence electrons. The van der Waals surface area contributed by atoms with Gasteiger partial charge in [0.15, 0.2) is 0 Å². The largest absolute Gasteiger partial charge is 0.373 e. The number of carbonyl (C=O) groups excluding carboxylic acids is 1. The summed E-state index contributed by atoms with van der Waals surface area (Å²) in [6.45, 7) is 2.35. The molecule has 0 saturated carbocycles. The van der Waals surface area contributed by atoms with Gasteiger partial charge in [0.05, 0.1) is 12.7 Å². The first-order valence-electron chi connectivity index (χ1n) is 6.26. The first-order valence-corrected chi connectivity index (χ1v) is 6.26. The van der Waals surface area contributed by atoms with Crippen molar-refractivity contribution < 1.29 is 13.9 Å². The molecule has 0 bridgehead atoms. The van der Waals surface area contributed by atoms with Crippen molar-refractivity contribution in [2.45, 2.75) is 6.10 Å². The van der Waals surface area contributed by atoms with Crippen molar-refractivity contribution in [1.82, 2.24) is 10.2 Å². The Kier molecular flexibility index (Phi) is 4.70. The number of carbonyl (C=O) groups is 1. The molecule has 1 aromatic rings. The molecular weight excluding hydrogens is 249 g/mol. The first-order chi connectivity index (χ1) is 9.19. The summed E-state index contributed by atoms with van der Waals surface area (Å²) in [6.07, 6.45) is 0.0118. The smallest absolute Gasteiger partial charge is 0.322 e. The summed E-state index contributed by atoms with van der Waals surface area (Å²) >= 11 is 0. The summed E-state index contributed by atoms with van der Waals surface area (Å²) in [5.74, 6) is -0.321. The molecule has 0 aliphatic carbocycles. The number of hydrogen-bond donors (Lipinski definition) is 2. The van der Waals surface area contributed by atoms with E-state index in [1.807, 2.05) is 7.05 Å². The third-order valence-corrected chi connectivity index (χ3v) is 2.95. The van der Waals surface area contributed by atoms with E-state index in [1.165, 1.54) is 12.1 Å². The Bertz CT molecular complexity index is 422. The number of hydrogen-bond acceptors (Lipinski definition) is 3. The van der Waals surface area contributed by atoms with Gasteiger partial charge < -0.3 is 20.3 Å². The Balaban J connectivity index is 1.90. The van der Waals surface area contributed by atoms with Gasteiger partial charge >= 0.3 is 6.03 Å². The van der Waals surface area contributed by atoms with Gasteiger partial charge in [-0.1, -0.05) is 0 Å². The number of ether oxygens (including phenoxy) is 1. The van der Waals surface area contributed by atoms with Crippen molar-refractivity contribution in [1.29, 1.82) is 0 Å². The highest BCUT2D eigenvalue weighted by Gasteiger charge is 2.23. The topological polar surface area (TPSA) is 53.6 Å². The first kappa shape index (κ1) is 13.8. The molecule has 0 aromatic heterocycles. The van der Waals surface area contributed by atoms with Gasteiger partial charge in [-0.05, 0) is 31.3 Å². The lowest BCUT2D eigenvalue weighted by Gasteiger charge is -2.32. The quantitative estimate of drug-likeness (QED) is 0.867. The average Bonchev–Trinajstić information content (AvgIpc) is 2.42. The van der Waals surface area contributed by atoms with E-state index in [-0.39, 0.29) is 18.0 Å². The number of nitrogens with one attached hydrogen (secondary N) is 2. The van der Waals surface area contributed by atoms with Crippen molar-refractivity contribution in [3.8, 4) is 0 Å². The van der Waals surface area contributed by atoms with E-state index in [1.54, 1.807) is 17.0 Å². The Labute approximate surface area is 111 Å². The van der Waals surface area contributed by atoms with Crippen LogP contribution >= 0.6 is 0 Å². The van der Waals surface area contributed by atoms with Gasteiger partial charge in [-0.15, -0.1) is 0 Å². The van der Waals surface area contributed by atoms with Crippen molar-refractivity contribution in [2.24, 2.45) is 0 Å². The van der Waals surface area contributed by atoms with Gasteiger partial charge in [0.25, 0.3) is 0 Å². The molecule has 1 aliphatic rings. The molecule has 1 atom stereocenters. The third-order valence-electron chi connectivity index (χ3n) is 2.95. The standard InChI is InChI=1S/C13H18FN3O2/c1-15-8-12-9-17(6-7-19-12)13(18)16-11-4-2-10(14)3-5-11/h2-5,12,15H,6-9H2,1H3,(H,16,18). The van der Waals surface area contributed by atoms with E-state index in [0.29, 0.717) is 31.9 Å². The maximum absolute atomic E-state index is 12.8. The number of benzene rings is 1. The number of halogens is 1. The zero-order valence-corrected chi connectivity index (χ0v) is 10.9. The van der Waals surface area contributed by atoms with Crippen molar-refractivity contribution in [2.75, 3.05) is 38.6 Å². The number of morpholine rings is 1. The van der Waals surface area contributed by atoms with Gasteiger partial charge in [-0.3, -0.25) is 0 Å². The van der Waals surface area contributed by atoms with Crippen LogP contribution in [0.25, 0.3) is 0 Å². The molecule has 1 saturated heterocycles. The van der Waals surface area contributed by atoms with Crippen molar-refractivity contribution >= 4 is 11.7 Å². The lowest BCUT2D eigenvalue weighted by molar-refractivity contribution is -0.00999. The molecular formula is C13H18FN3O2. The van der Waals surface area contributed by atoms with Crippen LogP contribution < -0.4 is 10.6 Å². The summed E-state index contributed by atoms with van der Waals surface area (Å²) in [5.41, 5.74) is 0.586. The van der Waals surface area contributed by atoms with Crippen LogP contribution in [0.1, 0.15) is 0 Å². The molecule has 2 rings (SSSR count). The Morgan fingerprint density at radius 1 is 1.47 bits per heavy atom. The van der Waals surface area contributed by atoms with E-state index in [4.69, 9.17) is 4.74 Å². The minimum Gasteiger partial charge on any atom is -0.373 e. The number of nitrogens with zero attached hydrogens (tertiary/aromatic N) is 1. The van der Waals surface area contributed by atoms with Gasteiger partial charge in [-0.25, -0.2) is 9.18 Å². The van der Waals surface area contributed by atoms with Crippen LogP contribution in [-0.4, -0.2) is 50.3 Å². The van der Waals surface area contributed by atoms with E-state index < -0.39 is 0 Å². The highest BCUT2D eigenvalue weighted by molar-refractivity contribution is 5.89. The predicted molar refractivity (Wildman–Crippen MR) is 70.7 cm³/mol. The molecule has 19 heavy (non-hydrogen) atoms. The van der Waals surface area contributed by atoms with Crippen molar-refractivity contribution in [3.05, 3.63) is 30.1 Å². The Hall–Kier alpha value is -1.66. The Morgan fingerprint density at radius 2 is 2.21 bits per heavy atom. The van der Waals surface area contributed by atoms with Crippen LogP contribution in [0.3, 0.4) is 0 Å². The molecule has 0 spiro atoms. The summed E-state index contributed by atoms with van der Waals surface area (Å²) < 4.78 is 18.3. The third kappa shape index (κ3) is 3.90. The molecule has 2 amide bonds. The highest BCUT2D eigenvalue weighted by atomic mass is 19.1. The Morgan fingerprint density at radius 3 is 2.89 bits per heavy atom. The lowest BCUT2D eigenvalue weighted by atomic mass is 10.2. The fraction of sp³-hybridized carbons (Fsp3) is 0.462. The highest BCUT2D eigenvalue weighted by Crippen LogP contribution is 2.11. The summed E-state index contributed by atoms with van der Waals surface area (Å²) in [5, 5.41) is 5.77. The van der Waals surface area contributed by atoms with E-state index >= 15 is 0 Å². The van der Waals surface area contributed by atoms with Crippen LogP contribution in [0.2, 0.25) is 0 Å². The van der Waals surface area contributed by atoms with E-state index in [0.717, 1.165) is 0 Å². The summed E-state index contributed by atoms with van der Waals surface area (Å²) in [7, 11) is 1.85. The fourth-order valence-corrected chi connectivity index (χ4v) is 1.99. The number of amides is 2. The molecule has 2 N–H and O–H groups in total. The second-order valence-electron chi connectivity index (χ2n) is 4.43. The lowest BCUT2D eigenvalue weighted by Crippen LogP contribution is -2.49. The zero-order chi connectivity index (χ0) is 13.7. The average molecular weight is 267 g/mol. The minimum atomic E-state index is -0.321. The molecule has 1 heterocycles. The van der Waals surface area contributed by atoms with Gasteiger partial charge in [-0.2, -0.15) is 0 Å². The second kappa shape index (κ2) is 6.49. The normalized spacial score (nSPS) is 19.3. The molecule has 0 radical (unpaired) electrons. The van der Waals surface area contributed by atoms with Gasteiger partial charge in [0.1, 0.15) is 5.82 Å². The monoisotopic (exact) mass is 267 g/mol. The minimum absolute atomic E-state index is 0.0118. The maximum atomic E-state index is 12.8. The molecule has 5 nitrogen and oxygen atoms in total. The molecule has 6 heteroatoms. The molecule has 1 unspecified atom stereocenters. The second-order valence-corrected chi connectivity index (χ2v) is 4.43. The van der Waals surface area contributed by atoms with E-state index in [9.17, 15) is 9.18 Å². The zero-order valence-electron chi connectivity index (χ0n) is 10.9. The SMILES string of the molecule is CNCC1CN(C(=O)Nc2ccc(F)cc2)CCO1. The number of urea groups is 1.